The summed E-state index contributed by atoms with van der Waals surface area (Å²) in [6, 6.07) is 7.26. The zero-order chi connectivity index (χ0) is 14.8. The lowest BCUT2D eigenvalue weighted by atomic mass is 10.2. The Hall–Kier alpha value is -2.96. The lowest BCUT2D eigenvalue weighted by Gasteiger charge is -2.03. The first-order valence-corrected chi connectivity index (χ1v) is 6.52. The van der Waals surface area contributed by atoms with Crippen LogP contribution >= 0.6 is 0 Å². The van der Waals surface area contributed by atoms with E-state index in [2.05, 4.69) is 15.1 Å². The summed E-state index contributed by atoms with van der Waals surface area (Å²) in [6.45, 7) is 2.47. The van der Waals surface area contributed by atoms with Gasteiger partial charge in [0, 0.05) is 30.2 Å². The van der Waals surface area contributed by atoms with Crippen LogP contribution in [0.1, 0.15) is 6.92 Å². The molecule has 0 aliphatic heterocycles. The molecule has 0 radical (unpaired) electrons. The maximum atomic E-state index is 12.2. The van der Waals surface area contributed by atoms with E-state index in [9.17, 15) is 4.79 Å². The molecule has 0 aliphatic carbocycles. The van der Waals surface area contributed by atoms with Gasteiger partial charge in [-0.3, -0.25) is 4.79 Å². The predicted molar refractivity (Wildman–Crippen MR) is 78.9 cm³/mol. The molecule has 0 aliphatic rings. The molecule has 0 spiro atoms. The van der Waals surface area contributed by atoms with Crippen LogP contribution in [0, 0.1) is 0 Å². The van der Waals surface area contributed by atoms with Crippen molar-refractivity contribution in [3.05, 3.63) is 53.3 Å². The molecule has 2 N–H and O–H groups in total. The molecular weight excluding hydrogens is 268 g/mol. The van der Waals surface area contributed by atoms with E-state index in [0.717, 1.165) is 5.56 Å². The van der Waals surface area contributed by atoms with Gasteiger partial charge in [0.25, 0.3) is 5.56 Å². The van der Waals surface area contributed by atoms with Crippen molar-refractivity contribution in [3.63, 3.8) is 0 Å². The summed E-state index contributed by atoms with van der Waals surface area (Å²) < 4.78 is 2.94. The van der Waals surface area contributed by atoms with E-state index in [4.69, 9.17) is 5.73 Å². The normalized spacial score (nSPS) is 10.7. The van der Waals surface area contributed by atoms with Gasteiger partial charge in [0.2, 0.25) is 5.82 Å². The molecule has 0 saturated carbocycles. The second-order valence-electron chi connectivity index (χ2n) is 4.48. The molecule has 2 heterocycles. The Morgan fingerprint density at radius 3 is 2.90 bits per heavy atom. The largest absolute Gasteiger partial charge is 0.399 e. The zero-order valence-electron chi connectivity index (χ0n) is 11.5. The molecule has 0 unspecified atom stereocenters. The quantitative estimate of drug-likeness (QED) is 0.726. The van der Waals surface area contributed by atoms with Crippen LogP contribution in [0.25, 0.3) is 17.2 Å². The molecule has 0 atom stereocenters. The molecule has 0 fully saturated rings. The third kappa shape index (κ3) is 2.40. The van der Waals surface area contributed by atoms with Gasteiger partial charge >= 0.3 is 0 Å². The third-order valence-electron chi connectivity index (χ3n) is 3.09. The molecule has 3 rings (SSSR count). The first kappa shape index (κ1) is 13.0. The summed E-state index contributed by atoms with van der Waals surface area (Å²) in [5.41, 5.74) is 6.97. The van der Waals surface area contributed by atoms with Crippen LogP contribution in [0.3, 0.4) is 0 Å². The van der Waals surface area contributed by atoms with Crippen LogP contribution < -0.4 is 11.3 Å². The van der Waals surface area contributed by atoms with Crippen LogP contribution in [-0.4, -0.2) is 24.3 Å². The van der Waals surface area contributed by atoms with E-state index in [-0.39, 0.29) is 11.4 Å². The molecule has 0 saturated heterocycles. The molecule has 106 valence electrons. The number of benzene rings is 1. The van der Waals surface area contributed by atoms with Crippen molar-refractivity contribution in [2.45, 2.75) is 13.5 Å². The highest BCUT2D eigenvalue weighted by Crippen LogP contribution is 2.17. The van der Waals surface area contributed by atoms with Gasteiger partial charge in [0.15, 0.2) is 5.82 Å². The Morgan fingerprint density at radius 2 is 2.14 bits per heavy atom. The topological polar surface area (TPSA) is 91.6 Å². The second kappa shape index (κ2) is 5.20. The molecule has 7 nitrogen and oxygen atoms in total. The summed E-state index contributed by atoms with van der Waals surface area (Å²) in [5.74, 6) is 0.720. The number of hydrogen-bond acceptors (Lipinski definition) is 5. The Bertz CT molecular complexity index is 835. The van der Waals surface area contributed by atoms with E-state index >= 15 is 0 Å². The molecular formula is C14H14N6O. The SMILES string of the molecule is CCn1ccnc(-n2cnc(-c3cccc(N)c3)n2)c1=O. The van der Waals surface area contributed by atoms with Crippen molar-refractivity contribution in [1.29, 1.82) is 0 Å². The number of nitrogen functional groups attached to an aromatic ring is 1. The molecule has 1 aromatic carbocycles. The number of anilines is 1. The lowest BCUT2D eigenvalue weighted by Crippen LogP contribution is -2.24. The molecule has 3 aromatic rings. The second-order valence-corrected chi connectivity index (χ2v) is 4.48. The number of aromatic nitrogens is 5. The molecule has 2 aromatic heterocycles. The van der Waals surface area contributed by atoms with Crippen molar-refractivity contribution in [3.8, 4) is 17.2 Å². The minimum Gasteiger partial charge on any atom is -0.399 e. The number of nitrogens with two attached hydrogens (primary N) is 1. The highest BCUT2D eigenvalue weighted by atomic mass is 16.1. The van der Waals surface area contributed by atoms with Crippen molar-refractivity contribution in [2.24, 2.45) is 0 Å². The third-order valence-corrected chi connectivity index (χ3v) is 3.09. The first-order valence-electron chi connectivity index (χ1n) is 6.52. The summed E-state index contributed by atoms with van der Waals surface area (Å²) in [4.78, 5) is 20.5. The summed E-state index contributed by atoms with van der Waals surface area (Å²) in [6.07, 6.45) is 4.69. The molecule has 7 heteroatoms. The maximum absolute atomic E-state index is 12.2. The standard InChI is InChI=1S/C14H14N6O/c1-2-19-7-6-16-13(14(19)21)20-9-17-12(18-20)10-4-3-5-11(15)8-10/h3-9H,2,15H2,1H3. The van der Waals surface area contributed by atoms with E-state index in [1.165, 1.54) is 11.0 Å². The minimum atomic E-state index is -0.205. The number of nitrogens with zero attached hydrogens (tertiary/aromatic N) is 5. The number of hydrogen-bond donors (Lipinski definition) is 1. The first-order chi connectivity index (χ1) is 10.2. The average molecular weight is 282 g/mol. The Balaban J connectivity index is 2.05. The fourth-order valence-electron chi connectivity index (χ4n) is 2.02. The van der Waals surface area contributed by atoms with Crippen LogP contribution in [0.2, 0.25) is 0 Å². The van der Waals surface area contributed by atoms with E-state index in [1.54, 1.807) is 29.1 Å². The van der Waals surface area contributed by atoms with Crippen molar-refractivity contribution >= 4 is 5.69 Å². The van der Waals surface area contributed by atoms with Gasteiger partial charge in [-0.15, -0.1) is 5.10 Å². The van der Waals surface area contributed by atoms with Crippen molar-refractivity contribution < 1.29 is 0 Å². The fourth-order valence-corrected chi connectivity index (χ4v) is 2.02. The van der Waals surface area contributed by atoms with Gasteiger partial charge in [-0.05, 0) is 19.1 Å². The van der Waals surface area contributed by atoms with E-state index in [0.29, 0.717) is 18.1 Å². The van der Waals surface area contributed by atoms with Crippen LogP contribution in [0.15, 0.2) is 47.8 Å². The fraction of sp³-hybridized carbons (Fsp3) is 0.143. The average Bonchev–Trinajstić information content (AvgIpc) is 2.97. The highest BCUT2D eigenvalue weighted by Gasteiger charge is 2.10. The Morgan fingerprint density at radius 1 is 1.29 bits per heavy atom. The molecule has 21 heavy (non-hydrogen) atoms. The van der Waals surface area contributed by atoms with Gasteiger partial charge in [-0.25, -0.2) is 9.97 Å². The minimum absolute atomic E-state index is 0.205. The monoisotopic (exact) mass is 282 g/mol. The lowest BCUT2D eigenvalue weighted by molar-refractivity contribution is 0.693. The predicted octanol–water partition coefficient (Wildman–Crippen LogP) is 1.09. The van der Waals surface area contributed by atoms with Crippen LogP contribution in [0.5, 0.6) is 0 Å². The van der Waals surface area contributed by atoms with Gasteiger partial charge in [-0.2, -0.15) is 4.68 Å². The van der Waals surface area contributed by atoms with Crippen molar-refractivity contribution in [1.82, 2.24) is 24.3 Å². The van der Waals surface area contributed by atoms with E-state index < -0.39 is 0 Å². The number of aryl methyl sites for hydroxylation is 1. The smallest absolute Gasteiger partial charge is 0.295 e. The summed E-state index contributed by atoms with van der Waals surface area (Å²) >= 11 is 0. The maximum Gasteiger partial charge on any atom is 0.295 e. The Labute approximate surface area is 120 Å². The van der Waals surface area contributed by atoms with Crippen LogP contribution in [-0.2, 0) is 6.54 Å². The van der Waals surface area contributed by atoms with Crippen LogP contribution in [0.4, 0.5) is 5.69 Å². The molecule has 0 bridgehead atoms. The molecule has 0 amide bonds. The number of rotatable bonds is 3. The van der Waals surface area contributed by atoms with E-state index in [1.807, 2.05) is 19.1 Å². The van der Waals surface area contributed by atoms with Gasteiger partial charge in [0.05, 0.1) is 0 Å². The van der Waals surface area contributed by atoms with Gasteiger partial charge < -0.3 is 10.3 Å². The van der Waals surface area contributed by atoms with Gasteiger partial charge in [0.1, 0.15) is 6.33 Å². The highest BCUT2D eigenvalue weighted by molar-refractivity contribution is 5.60. The Kier molecular flexibility index (Phi) is 3.23. The summed E-state index contributed by atoms with van der Waals surface area (Å²) in [7, 11) is 0. The van der Waals surface area contributed by atoms with Gasteiger partial charge in [-0.1, -0.05) is 12.1 Å². The van der Waals surface area contributed by atoms with Crippen molar-refractivity contribution in [2.75, 3.05) is 5.73 Å². The zero-order valence-corrected chi connectivity index (χ0v) is 11.5. The summed E-state index contributed by atoms with van der Waals surface area (Å²) in [5, 5.41) is 4.30.